The van der Waals surface area contributed by atoms with Crippen LogP contribution in [0.15, 0.2) is 24.3 Å². The number of aliphatic hydroxyl groups is 1. The average molecular weight is 279 g/mol. The third kappa shape index (κ3) is 6.57. The molecule has 1 amide bonds. The minimum Gasteiger partial charge on any atom is -0.494 e. The Morgan fingerprint density at radius 3 is 2.80 bits per heavy atom. The number of aryl methyl sites for hydroxylation is 1. The average Bonchev–Trinajstić information content (AvgIpc) is 2.41. The van der Waals surface area contributed by atoms with Crippen molar-refractivity contribution in [2.24, 2.45) is 5.92 Å². The Kier molecular flexibility index (Phi) is 7.09. The highest BCUT2D eigenvalue weighted by Crippen LogP contribution is 2.12. The van der Waals surface area contributed by atoms with Crippen molar-refractivity contribution in [2.75, 3.05) is 13.2 Å². The summed E-state index contributed by atoms with van der Waals surface area (Å²) >= 11 is 0. The van der Waals surface area contributed by atoms with Crippen LogP contribution in [0.1, 0.15) is 32.3 Å². The number of nitrogens with one attached hydrogen (secondary N) is 1. The van der Waals surface area contributed by atoms with E-state index >= 15 is 0 Å². The van der Waals surface area contributed by atoms with Crippen LogP contribution in [-0.4, -0.2) is 30.3 Å². The van der Waals surface area contributed by atoms with Crippen LogP contribution in [0.4, 0.5) is 0 Å². The highest BCUT2D eigenvalue weighted by molar-refractivity contribution is 5.75. The van der Waals surface area contributed by atoms with Crippen molar-refractivity contribution in [1.82, 2.24) is 5.32 Å². The van der Waals surface area contributed by atoms with Crippen LogP contribution in [0.3, 0.4) is 0 Å². The number of aliphatic hydroxyl groups excluding tert-OH is 1. The van der Waals surface area contributed by atoms with Gasteiger partial charge in [-0.1, -0.05) is 26.0 Å². The number of benzene rings is 1. The Balaban J connectivity index is 2.13. The summed E-state index contributed by atoms with van der Waals surface area (Å²) in [4.78, 5) is 11.6. The van der Waals surface area contributed by atoms with Gasteiger partial charge in [0.05, 0.1) is 12.7 Å². The van der Waals surface area contributed by atoms with E-state index in [4.69, 9.17) is 4.74 Å². The molecule has 112 valence electrons. The van der Waals surface area contributed by atoms with Gasteiger partial charge in [0.25, 0.3) is 0 Å². The molecule has 1 atom stereocenters. The Morgan fingerprint density at radius 1 is 1.40 bits per heavy atom. The molecule has 0 radical (unpaired) electrons. The molecular weight excluding hydrogens is 254 g/mol. The fourth-order valence-electron chi connectivity index (χ4n) is 1.67. The fourth-order valence-corrected chi connectivity index (χ4v) is 1.67. The molecule has 4 nitrogen and oxygen atoms in total. The van der Waals surface area contributed by atoms with Crippen LogP contribution < -0.4 is 10.1 Å². The summed E-state index contributed by atoms with van der Waals surface area (Å²) in [7, 11) is 0. The molecule has 0 aliphatic carbocycles. The second-order valence-electron chi connectivity index (χ2n) is 5.38. The van der Waals surface area contributed by atoms with Gasteiger partial charge in [-0.05, 0) is 37.0 Å². The normalized spacial score (nSPS) is 12.2. The molecule has 1 unspecified atom stereocenters. The highest BCUT2D eigenvalue weighted by atomic mass is 16.5. The SMILES string of the molecule is Cc1cccc(OCCCC(=O)NCC(O)C(C)C)c1. The van der Waals surface area contributed by atoms with Gasteiger partial charge >= 0.3 is 0 Å². The zero-order chi connectivity index (χ0) is 15.0. The largest absolute Gasteiger partial charge is 0.494 e. The van der Waals surface area contributed by atoms with Gasteiger partial charge in [-0.3, -0.25) is 4.79 Å². The standard InChI is InChI=1S/C16H25NO3/c1-12(2)15(18)11-17-16(19)8-5-9-20-14-7-4-6-13(3)10-14/h4,6-7,10,12,15,18H,5,8-9,11H2,1-3H3,(H,17,19). The van der Waals surface area contributed by atoms with E-state index in [0.717, 1.165) is 11.3 Å². The topological polar surface area (TPSA) is 58.6 Å². The first-order chi connectivity index (χ1) is 9.49. The highest BCUT2D eigenvalue weighted by Gasteiger charge is 2.10. The van der Waals surface area contributed by atoms with E-state index in [0.29, 0.717) is 26.0 Å². The maximum atomic E-state index is 11.6. The van der Waals surface area contributed by atoms with Crippen LogP contribution in [0, 0.1) is 12.8 Å². The number of carbonyl (C=O) groups is 1. The van der Waals surface area contributed by atoms with Crippen molar-refractivity contribution < 1.29 is 14.6 Å². The summed E-state index contributed by atoms with van der Waals surface area (Å²) in [5, 5.41) is 12.3. The lowest BCUT2D eigenvalue weighted by Crippen LogP contribution is -2.34. The number of hydrogen-bond acceptors (Lipinski definition) is 3. The molecule has 0 bridgehead atoms. The minimum absolute atomic E-state index is 0.0439. The van der Waals surface area contributed by atoms with Crippen LogP contribution >= 0.6 is 0 Å². The Hall–Kier alpha value is -1.55. The fraction of sp³-hybridized carbons (Fsp3) is 0.562. The predicted molar refractivity (Wildman–Crippen MR) is 79.8 cm³/mol. The van der Waals surface area contributed by atoms with E-state index in [-0.39, 0.29) is 11.8 Å². The van der Waals surface area contributed by atoms with E-state index in [9.17, 15) is 9.90 Å². The Bertz CT molecular complexity index is 418. The lowest BCUT2D eigenvalue weighted by Gasteiger charge is -2.15. The third-order valence-electron chi connectivity index (χ3n) is 3.08. The van der Waals surface area contributed by atoms with E-state index in [1.165, 1.54) is 0 Å². The number of hydrogen-bond donors (Lipinski definition) is 2. The first-order valence-electron chi connectivity index (χ1n) is 7.13. The van der Waals surface area contributed by atoms with E-state index in [1.54, 1.807) is 0 Å². The second-order valence-corrected chi connectivity index (χ2v) is 5.38. The molecule has 2 N–H and O–H groups in total. The monoisotopic (exact) mass is 279 g/mol. The summed E-state index contributed by atoms with van der Waals surface area (Å²) < 4.78 is 5.57. The quantitative estimate of drug-likeness (QED) is 0.718. The number of ether oxygens (including phenoxy) is 1. The molecule has 0 fully saturated rings. The van der Waals surface area contributed by atoms with Gasteiger partial charge in [-0.15, -0.1) is 0 Å². The van der Waals surface area contributed by atoms with Crippen LogP contribution in [-0.2, 0) is 4.79 Å². The van der Waals surface area contributed by atoms with Gasteiger partial charge in [0.1, 0.15) is 5.75 Å². The summed E-state index contributed by atoms with van der Waals surface area (Å²) in [6, 6.07) is 7.84. The van der Waals surface area contributed by atoms with Crippen molar-refractivity contribution in [3.63, 3.8) is 0 Å². The molecule has 0 aromatic heterocycles. The van der Waals surface area contributed by atoms with Gasteiger partial charge in [0.2, 0.25) is 5.91 Å². The molecule has 20 heavy (non-hydrogen) atoms. The van der Waals surface area contributed by atoms with Crippen molar-refractivity contribution in [1.29, 1.82) is 0 Å². The van der Waals surface area contributed by atoms with E-state index < -0.39 is 6.10 Å². The van der Waals surface area contributed by atoms with Gasteiger partial charge in [0, 0.05) is 13.0 Å². The maximum absolute atomic E-state index is 11.6. The molecule has 1 rings (SSSR count). The van der Waals surface area contributed by atoms with Crippen LogP contribution in [0.25, 0.3) is 0 Å². The molecule has 1 aromatic carbocycles. The molecule has 4 heteroatoms. The van der Waals surface area contributed by atoms with Crippen molar-refractivity contribution in [3.05, 3.63) is 29.8 Å². The van der Waals surface area contributed by atoms with Crippen molar-refractivity contribution >= 4 is 5.91 Å². The number of carbonyl (C=O) groups excluding carboxylic acids is 1. The zero-order valence-corrected chi connectivity index (χ0v) is 12.6. The summed E-state index contributed by atoms with van der Waals surface area (Å²) in [6.07, 6.45) is 0.594. The molecule has 0 aliphatic heterocycles. The van der Waals surface area contributed by atoms with Gasteiger partial charge in [-0.25, -0.2) is 0 Å². The molecule has 0 spiro atoms. The van der Waals surface area contributed by atoms with Crippen LogP contribution in [0.2, 0.25) is 0 Å². The number of amides is 1. The Labute approximate surface area is 121 Å². The zero-order valence-electron chi connectivity index (χ0n) is 12.6. The van der Waals surface area contributed by atoms with Crippen molar-refractivity contribution in [2.45, 2.75) is 39.7 Å². The van der Waals surface area contributed by atoms with Gasteiger partial charge in [0.15, 0.2) is 0 Å². The lowest BCUT2D eigenvalue weighted by atomic mass is 10.1. The first kappa shape index (κ1) is 16.5. The third-order valence-corrected chi connectivity index (χ3v) is 3.08. The Morgan fingerprint density at radius 2 is 2.15 bits per heavy atom. The molecule has 0 saturated carbocycles. The first-order valence-corrected chi connectivity index (χ1v) is 7.13. The van der Waals surface area contributed by atoms with Gasteiger partial charge in [-0.2, -0.15) is 0 Å². The predicted octanol–water partition coefficient (Wildman–Crippen LogP) is 2.29. The molecule has 0 heterocycles. The van der Waals surface area contributed by atoms with Crippen molar-refractivity contribution in [3.8, 4) is 5.75 Å². The lowest BCUT2D eigenvalue weighted by molar-refractivity contribution is -0.121. The van der Waals surface area contributed by atoms with E-state index in [1.807, 2.05) is 45.0 Å². The minimum atomic E-state index is -0.484. The molecule has 1 aromatic rings. The molecule has 0 aliphatic rings. The molecule has 0 saturated heterocycles. The molecular formula is C16H25NO3. The smallest absolute Gasteiger partial charge is 0.220 e. The summed E-state index contributed by atoms with van der Waals surface area (Å²) in [5.74, 6) is 0.943. The van der Waals surface area contributed by atoms with E-state index in [2.05, 4.69) is 5.32 Å². The van der Waals surface area contributed by atoms with Crippen LogP contribution in [0.5, 0.6) is 5.75 Å². The van der Waals surface area contributed by atoms with Gasteiger partial charge < -0.3 is 15.2 Å². The maximum Gasteiger partial charge on any atom is 0.220 e. The number of rotatable bonds is 8. The summed E-state index contributed by atoms with van der Waals surface area (Å²) in [6.45, 7) is 6.69. The summed E-state index contributed by atoms with van der Waals surface area (Å²) in [5.41, 5.74) is 1.16. The second kappa shape index (κ2) is 8.59.